The molecule has 98 valence electrons. The third kappa shape index (κ3) is 2.76. The van der Waals surface area contributed by atoms with Gasteiger partial charge in [0.15, 0.2) is 5.82 Å². The van der Waals surface area contributed by atoms with Gasteiger partial charge in [0.1, 0.15) is 11.1 Å². The van der Waals surface area contributed by atoms with Crippen LogP contribution in [-0.4, -0.2) is 15.1 Å². The van der Waals surface area contributed by atoms with Gasteiger partial charge in [-0.25, -0.2) is 4.98 Å². The molecule has 0 saturated carbocycles. The third-order valence-corrected chi connectivity index (χ3v) is 3.94. The van der Waals surface area contributed by atoms with Crippen LogP contribution in [0.15, 0.2) is 9.55 Å². The van der Waals surface area contributed by atoms with Gasteiger partial charge in [-0.3, -0.25) is 0 Å². The van der Waals surface area contributed by atoms with Gasteiger partial charge in [0.05, 0.1) is 11.3 Å². The van der Waals surface area contributed by atoms with Crippen LogP contribution in [0, 0.1) is 39.0 Å². The van der Waals surface area contributed by atoms with Crippen LogP contribution in [0.2, 0.25) is 0 Å². The highest BCUT2D eigenvalue weighted by atomic mass is 32.2. The molecular formula is C13H14N4OS. The summed E-state index contributed by atoms with van der Waals surface area (Å²) in [6, 6.07) is 2.22. The lowest BCUT2D eigenvalue weighted by molar-refractivity contribution is 0.387. The molecule has 0 saturated heterocycles. The summed E-state index contributed by atoms with van der Waals surface area (Å²) in [5, 5.41) is 13.7. The first kappa shape index (κ1) is 13.6. The van der Waals surface area contributed by atoms with Crippen molar-refractivity contribution >= 4 is 11.8 Å². The van der Waals surface area contributed by atoms with Crippen LogP contribution < -0.4 is 0 Å². The predicted molar refractivity (Wildman–Crippen MR) is 71.8 cm³/mol. The van der Waals surface area contributed by atoms with Crippen molar-refractivity contribution in [2.24, 2.45) is 0 Å². The van der Waals surface area contributed by atoms with Gasteiger partial charge in [0.2, 0.25) is 5.89 Å². The molecule has 0 N–H and O–H groups in total. The van der Waals surface area contributed by atoms with E-state index in [2.05, 4.69) is 21.2 Å². The molecule has 0 unspecified atom stereocenters. The molecule has 2 rings (SSSR count). The van der Waals surface area contributed by atoms with Crippen LogP contribution in [0.1, 0.15) is 34.1 Å². The first-order valence-corrected chi connectivity index (χ1v) is 6.81. The number of thioether (sulfide) groups is 1. The van der Waals surface area contributed by atoms with Crippen LogP contribution in [0.3, 0.4) is 0 Å². The van der Waals surface area contributed by atoms with E-state index in [1.165, 1.54) is 11.8 Å². The smallest absolute Gasteiger partial charge is 0.237 e. The standard InChI is InChI=1S/C13H14N4OS/c1-7-8(2)11(5-14)13(15-9(7)3)19-6-12-16-10(4)17-18-12/h6H2,1-4H3. The van der Waals surface area contributed by atoms with Crippen molar-refractivity contribution in [1.29, 1.82) is 5.26 Å². The van der Waals surface area contributed by atoms with E-state index in [1.54, 1.807) is 6.92 Å². The Hall–Kier alpha value is -1.87. The fourth-order valence-electron chi connectivity index (χ4n) is 1.68. The molecular weight excluding hydrogens is 260 g/mol. The second-order valence-electron chi connectivity index (χ2n) is 4.26. The van der Waals surface area contributed by atoms with Gasteiger partial charge in [-0.2, -0.15) is 10.2 Å². The van der Waals surface area contributed by atoms with Crippen LogP contribution in [0.5, 0.6) is 0 Å². The van der Waals surface area contributed by atoms with Gasteiger partial charge in [0, 0.05) is 5.69 Å². The molecule has 0 aromatic carbocycles. The largest absolute Gasteiger partial charge is 0.338 e. The lowest BCUT2D eigenvalue weighted by Crippen LogP contribution is -1.99. The van der Waals surface area contributed by atoms with Gasteiger partial charge in [-0.1, -0.05) is 16.9 Å². The first-order chi connectivity index (χ1) is 9.02. The van der Waals surface area contributed by atoms with Crippen LogP contribution >= 0.6 is 11.8 Å². The zero-order chi connectivity index (χ0) is 14.0. The summed E-state index contributed by atoms with van der Waals surface area (Å²) in [5.41, 5.74) is 3.62. The van der Waals surface area contributed by atoms with E-state index < -0.39 is 0 Å². The Morgan fingerprint density at radius 2 is 1.89 bits per heavy atom. The fraction of sp³-hybridized carbons (Fsp3) is 0.385. The van der Waals surface area contributed by atoms with Gasteiger partial charge < -0.3 is 4.52 Å². The summed E-state index contributed by atoms with van der Waals surface area (Å²) in [4.78, 5) is 8.61. The van der Waals surface area contributed by atoms with E-state index in [1.807, 2.05) is 20.8 Å². The number of aromatic nitrogens is 3. The van der Waals surface area contributed by atoms with Crippen LogP contribution in [0.4, 0.5) is 0 Å². The highest BCUT2D eigenvalue weighted by molar-refractivity contribution is 7.98. The van der Waals surface area contributed by atoms with E-state index in [4.69, 9.17) is 4.52 Å². The minimum absolute atomic E-state index is 0.518. The van der Waals surface area contributed by atoms with E-state index in [0.29, 0.717) is 23.0 Å². The monoisotopic (exact) mass is 274 g/mol. The number of aryl methyl sites for hydroxylation is 2. The van der Waals surface area contributed by atoms with E-state index in [0.717, 1.165) is 21.8 Å². The zero-order valence-electron chi connectivity index (χ0n) is 11.3. The first-order valence-electron chi connectivity index (χ1n) is 5.82. The quantitative estimate of drug-likeness (QED) is 0.801. The molecule has 6 heteroatoms. The summed E-state index contributed by atoms with van der Waals surface area (Å²) in [6.45, 7) is 7.65. The molecule has 2 aromatic heterocycles. The van der Waals surface area contributed by atoms with Crippen molar-refractivity contribution < 1.29 is 4.52 Å². The number of nitrogens with zero attached hydrogens (tertiary/aromatic N) is 4. The number of rotatable bonds is 3. The molecule has 0 atom stereocenters. The number of hydrogen-bond donors (Lipinski definition) is 0. The van der Waals surface area contributed by atoms with Crippen molar-refractivity contribution in [1.82, 2.24) is 15.1 Å². The molecule has 0 amide bonds. The average molecular weight is 274 g/mol. The minimum atomic E-state index is 0.518. The Morgan fingerprint density at radius 3 is 2.47 bits per heavy atom. The maximum Gasteiger partial charge on any atom is 0.237 e. The van der Waals surface area contributed by atoms with E-state index >= 15 is 0 Å². The molecule has 19 heavy (non-hydrogen) atoms. The van der Waals surface area contributed by atoms with E-state index in [-0.39, 0.29) is 0 Å². The second-order valence-corrected chi connectivity index (χ2v) is 5.23. The topological polar surface area (TPSA) is 75.6 Å². The summed E-state index contributed by atoms with van der Waals surface area (Å²) in [5.74, 6) is 1.68. The van der Waals surface area contributed by atoms with Gasteiger partial charge in [-0.05, 0) is 38.8 Å². The summed E-state index contributed by atoms with van der Waals surface area (Å²) < 4.78 is 5.05. The van der Waals surface area contributed by atoms with Gasteiger partial charge >= 0.3 is 0 Å². The predicted octanol–water partition coefficient (Wildman–Crippen LogP) is 2.86. The Kier molecular flexibility index (Phi) is 3.86. The number of pyridine rings is 1. The highest BCUT2D eigenvalue weighted by Crippen LogP contribution is 2.28. The minimum Gasteiger partial charge on any atom is -0.338 e. The Morgan fingerprint density at radius 1 is 1.16 bits per heavy atom. The molecule has 0 aliphatic rings. The highest BCUT2D eigenvalue weighted by Gasteiger charge is 2.14. The van der Waals surface area contributed by atoms with Gasteiger partial charge in [-0.15, -0.1) is 0 Å². The molecule has 0 spiro atoms. The lowest BCUT2D eigenvalue weighted by atomic mass is 10.1. The van der Waals surface area contributed by atoms with Crippen molar-refractivity contribution in [3.63, 3.8) is 0 Å². The normalized spacial score (nSPS) is 10.5. The van der Waals surface area contributed by atoms with Crippen molar-refractivity contribution in [2.75, 3.05) is 0 Å². The molecule has 0 aliphatic carbocycles. The van der Waals surface area contributed by atoms with Crippen molar-refractivity contribution in [3.8, 4) is 6.07 Å². The number of nitriles is 1. The third-order valence-electron chi connectivity index (χ3n) is 2.98. The molecule has 2 heterocycles. The molecule has 0 fully saturated rings. The average Bonchev–Trinajstić information content (AvgIpc) is 2.79. The fourth-order valence-corrected chi connectivity index (χ4v) is 2.60. The zero-order valence-corrected chi connectivity index (χ0v) is 12.1. The molecule has 2 aromatic rings. The summed E-state index contributed by atoms with van der Waals surface area (Å²) in [6.07, 6.45) is 0. The molecule has 0 radical (unpaired) electrons. The Labute approximate surface area is 116 Å². The maximum absolute atomic E-state index is 9.26. The Bertz CT molecular complexity index is 657. The molecule has 0 aliphatic heterocycles. The maximum atomic E-state index is 9.26. The van der Waals surface area contributed by atoms with Crippen molar-refractivity contribution in [2.45, 2.75) is 38.5 Å². The van der Waals surface area contributed by atoms with Gasteiger partial charge in [0.25, 0.3) is 0 Å². The van der Waals surface area contributed by atoms with E-state index in [9.17, 15) is 5.26 Å². The second kappa shape index (κ2) is 5.41. The summed E-state index contributed by atoms with van der Waals surface area (Å²) >= 11 is 1.45. The van der Waals surface area contributed by atoms with Crippen molar-refractivity contribution in [3.05, 3.63) is 34.1 Å². The SMILES string of the molecule is Cc1noc(CSc2nc(C)c(C)c(C)c2C#N)n1. The summed E-state index contributed by atoms with van der Waals surface area (Å²) in [7, 11) is 0. The van der Waals surface area contributed by atoms with Crippen LogP contribution in [0.25, 0.3) is 0 Å². The lowest BCUT2D eigenvalue weighted by Gasteiger charge is -2.10. The van der Waals surface area contributed by atoms with Crippen LogP contribution in [-0.2, 0) is 5.75 Å². The Balaban J connectivity index is 2.28. The number of hydrogen-bond acceptors (Lipinski definition) is 6. The molecule has 5 nitrogen and oxygen atoms in total. The molecule has 0 bridgehead atoms.